The summed E-state index contributed by atoms with van der Waals surface area (Å²) in [6, 6.07) is 8.06. The third kappa shape index (κ3) is 3.82. The number of benzene rings is 1. The highest BCUT2D eigenvalue weighted by Crippen LogP contribution is 2.24. The monoisotopic (exact) mass is 457 g/mol. The smallest absolute Gasteiger partial charge is 0.289 e. The number of aromatic nitrogens is 1. The lowest BCUT2D eigenvalue weighted by Gasteiger charge is -2.02. The Balaban J connectivity index is 2.19. The Morgan fingerprint density at radius 1 is 1.32 bits per heavy atom. The van der Waals surface area contributed by atoms with Gasteiger partial charge in [-0.2, -0.15) is 4.99 Å². The molecule has 0 bridgehead atoms. The van der Waals surface area contributed by atoms with E-state index in [9.17, 15) is 13.2 Å². The fraction of sp³-hybridized carbons (Fsp3) is 0.0667. The van der Waals surface area contributed by atoms with Gasteiger partial charge in [0.15, 0.2) is 4.80 Å². The van der Waals surface area contributed by atoms with Crippen LogP contribution < -0.4 is 9.94 Å². The first kappa shape index (κ1) is 18.2. The molecule has 3 rings (SSSR count). The first-order valence-corrected chi connectivity index (χ1v) is 10.9. The first-order valence-electron chi connectivity index (χ1n) is 6.91. The van der Waals surface area contributed by atoms with Crippen LogP contribution in [0.5, 0.6) is 0 Å². The molecule has 0 spiro atoms. The molecule has 2 aromatic heterocycles. The number of thiophene rings is 1. The molecular weight excluding hydrogens is 446 g/mol. The summed E-state index contributed by atoms with van der Waals surface area (Å²) in [5.41, 5.74) is 0.760. The van der Waals surface area contributed by atoms with Gasteiger partial charge in [-0.15, -0.1) is 17.9 Å². The van der Waals surface area contributed by atoms with Crippen LogP contribution in [0.1, 0.15) is 9.67 Å². The molecule has 0 aliphatic rings. The zero-order chi connectivity index (χ0) is 18.2. The third-order valence-corrected chi connectivity index (χ3v) is 6.84. The van der Waals surface area contributed by atoms with E-state index >= 15 is 0 Å². The second-order valence-corrected chi connectivity index (χ2v) is 10.0. The molecule has 1 amide bonds. The van der Waals surface area contributed by atoms with Crippen molar-refractivity contribution in [3.05, 3.63) is 56.5 Å². The average molecular weight is 458 g/mol. The van der Waals surface area contributed by atoms with Gasteiger partial charge >= 0.3 is 0 Å². The maximum absolute atomic E-state index is 12.4. The molecule has 0 saturated heterocycles. The molecule has 0 aliphatic carbocycles. The third-order valence-electron chi connectivity index (χ3n) is 3.28. The van der Waals surface area contributed by atoms with Gasteiger partial charge in [-0.1, -0.05) is 17.4 Å². The summed E-state index contributed by atoms with van der Waals surface area (Å²) in [5.74, 6) is -0.355. The van der Waals surface area contributed by atoms with Gasteiger partial charge in [0.05, 0.1) is 23.8 Å². The summed E-state index contributed by atoms with van der Waals surface area (Å²) < 4.78 is 26.4. The second-order valence-electron chi connectivity index (χ2n) is 4.98. The van der Waals surface area contributed by atoms with Crippen LogP contribution in [0.15, 0.2) is 56.7 Å². The quantitative estimate of drug-likeness (QED) is 0.609. The van der Waals surface area contributed by atoms with E-state index in [4.69, 9.17) is 5.14 Å². The molecule has 25 heavy (non-hydrogen) atoms. The summed E-state index contributed by atoms with van der Waals surface area (Å²) in [6.07, 6.45) is 1.69. The molecule has 0 unspecified atom stereocenters. The summed E-state index contributed by atoms with van der Waals surface area (Å²) in [6.45, 7) is 4.16. The zero-order valence-corrected chi connectivity index (χ0v) is 16.7. The Bertz CT molecular complexity index is 1160. The van der Waals surface area contributed by atoms with Gasteiger partial charge in [0.1, 0.15) is 0 Å². The second kappa shape index (κ2) is 6.96. The Labute approximate surface area is 160 Å². The van der Waals surface area contributed by atoms with E-state index in [1.165, 1.54) is 34.8 Å². The van der Waals surface area contributed by atoms with Crippen molar-refractivity contribution in [1.82, 2.24) is 4.57 Å². The number of halogens is 1. The van der Waals surface area contributed by atoms with Crippen molar-refractivity contribution >= 4 is 64.8 Å². The first-order chi connectivity index (χ1) is 11.8. The number of fused-ring (bicyclic) bond motifs is 1. The van der Waals surface area contributed by atoms with Crippen LogP contribution in [-0.2, 0) is 16.6 Å². The van der Waals surface area contributed by atoms with Crippen molar-refractivity contribution in [2.24, 2.45) is 10.1 Å². The number of hydrogen-bond acceptors (Lipinski definition) is 5. The number of sulfonamides is 1. The fourth-order valence-electron chi connectivity index (χ4n) is 2.19. The van der Waals surface area contributed by atoms with E-state index in [0.29, 0.717) is 20.9 Å². The molecule has 1 aromatic carbocycles. The number of primary sulfonamides is 1. The number of nitrogens with two attached hydrogens (primary N) is 1. The van der Waals surface area contributed by atoms with Crippen molar-refractivity contribution in [1.29, 1.82) is 0 Å². The number of carbonyl (C=O) groups excluding carboxylic acids is 1. The maximum Gasteiger partial charge on any atom is 0.289 e. The minimum Gasteiger partial charge on any atom is -0.312 e. The molecule has 2 heterocycles. The Morgan fingerprint density at radius 3 is 2.68 bits per heavy atom. The van der Waals surface area contributed by atoms with Crippen LogP contribution in [0.3, 0.4) is 0 Å². The molecule has 130 valence electrons. The van der Waals surface area contributed by atoms with Crippen LogP contribution >= 0.6 is 38.6 Å². The van der Waals surface area contributed by atoms with Crippen LogP contribution in [-0.4, -0.2) is 18.9 Å². The molecular formula is C15H12BrN3O3S3. The minimum atomic E-state index is -3.80. The van der Waals surface area contributed by atoms with Gasteiger partial charge < -0.3 is 4.57 Å². The van der Waals surface area contributed by atoms with Gasteiger partial charge in [0.25, 0.3) is 5.91 Å². The average Bonchev–Trinajstić information content (AvgIpc) is 3.11. The van der Waals surface area contributed by atoms with Crippen LogP contribution in [0, 0.1) is 0 Å². The number of hydrogen-bond donors (Lipinski definition) is 1. The van der Waals surface area contributed by atoms with Crippen molar-refractivity contribution in [3.8, 4) is 0 Å². The number of carbonyl (C=O) groups is 1. The molecule has 0 aliphatic heterocycles. The SMILES string of the molecule is C=CCn1c(=NC(=O)c2ccc(Br)s2)sc2cc(S(N)(=O)=O)ccc21. The van der Waals surface area contributed by atoms with Crippen molar-refractivity contribution in [2.75, 3.05) is 0 Å². The summed E-state index contributed by atoms with van der Waals surface area (Å²) in [7, 11) is -3.80. The Hall–Kier alpha value is -1.59. The van der Waals surface area contributed by atoms with Gasteiger partial charge in [0, 0.05) is 6.54 Å². The Kier molecular flexibility index (Phi) is 5.07. The number of amides is 1. The van der Waals surface area contributed by atoms with Gasteiger partial charge in [-0.05, 0) is 46.3 Å². The summed E-state index contributed by atoms with van der Waals surface area (Å²) in [4.78, 5) is 17.6. The lowest BCUT2D eigenvalue weighted by Crippen LogP contribution is -2.16. The summed E-state index contributed by atoms with van der Waals surface area (Å²) >= 11 is 5.84. The Morgan fingerprint density at radius 2 is 2.08 bits per heavy atom. The lowest BCUT2D eigenvalue weighted by atomic mass is 10.3. The molecule has 0 atom stereocenters. The van der Waals surface area contributed by atoms with Gasteiger partial charge in [0.2, 0.25) is 10.0 Å². The molecule has 6 nitrogen and oxygen atoms in total. The number of thiazole rings is 1. The van der Waals surface area contributed by atoms with Crippen molar-refractivity contribution < 1.29 is 13.2 Å². The van der Waals surface area contributed by atoms with Crippen LogP contribution in [0.2, 0.25) is 0 Å². The number of allylic oxidation sites excluding steroid dienone is 1. The standard InChI is InChI=1S/C15H12BrN3O3S3/c1-2-7-19-10-4-3-9(25(17,21)22)8-12(10)24-15(19)18-14(20)11-5-6-13(16)23-11/h2-6,8H,1,7H2,(H2,17,21,22). The predicted molar refractivity (Wildman–Crippen MR) is 103 cm³/mol. The molecule has 0 fully saturated rings. The van der Waals surface area contributed by atoms with Gasteiger partial charge in [-0.3, -0.25) is 4.79 Å². The topological polar surface area (TPSA) is 94.5 Å². The van der Waals surface area contributed by atoms with Crippen LogP contribution in [0.25, 0.3) is 10.2 Å². The lowest BCUT2D eigenvalue weighted by molar-refractivity contribution is 0.100. The molecule has 3 aromatic rings. The zero-order valence-electron chi connectivity index (χ0n) is 12.7. The van der Waals surface area contributed by atoms with E-state index in [1.54, 1.807) is 28.8 Å². The molecule has 0 saturated carbocycles. The van der Waals surface area contributed by atoms with E-state index in [-0.39, 0.29) is 10.8 Å². The highest BCUT2D eigenvalue weighted by molar-refractivity contribution is 9.11. The molecule has 0 radical (unpaired) electrons. The minimum absolute atomic E-state index is 0.0204. The summed E-state index contributed by atoms with van der Waals surface area (Å²) in [5, 5.41) is 5.18. The normalized spacial score (nSPS) is 12.6. The predicted octanol–water partition coefficient (Wildman–Crippen LogP) is 3.10. The highest BCUT2D eigenvalue weighted by Gasteiger charge is 2.13. The van der Waals surface area contributed by atoms with E-state index in [2.05, 4.69) is 27.5 Å². The number of nitrogens with zero attached hydrogens (tertiary/aromatic N) is 2. The van der Waals surface area contributed by atoms with E-state index in [0.717, 1.165) is 9.30 Å². The largest absolute Gasteiger partial charge is 0.312 e. The van der Waals surface area contributed by atoms with Crippen molar-refractivity contribution in [2.45, 2.75) is 11.4 Å². The molecule has 2 N–H and O–H groups in total. The van der Waals surface area contributed by atoms with Crippen molar-refractivity contribution in [3.63, 3.8) is 0 Å². The molecule has 10 heteroatoms. The number of rotatable bonds is 4. The van der Waals surface area contributed by atoms with Crippen LogP contribution in [0.4, 0.5) is 0 Å². The maximum atomic E-state index is 12.4. The van der Waals surface area contributed by atoms with Gasteiger partial charge in [-0.25, -0.2) is 13.6 Å². The van der Waals surface area contributed by atoms with E-state index < -0.39 is 10.0 Å². The highest BCUT2D eigenvalue weighted by atomic mass is 79.9. The fourth-order valence-corrected chi connectivity index (χ4v) is 5.15. The van der Waals surface area contributed by atoms with E-state index in [1.807, 2.05) is 0 Å².